The first-order valence-electron chi connectivity index (χ1n) is 10.9. The lowest BCUT2D eigenvalue weighted by molar-refractivity contribution is 0.177. The second kappa shape index (κ2) is 7.46. The molecule has 0 spiro atoms. The average molecular weight is 425 g/mol. The molecule has 7 heteroatoms. The Balaban J connectivity index is 1.51. The maximum Gasteiger partial charge on any atom is 0.150 e. The number of aromatic nitrogens is 3. The Kier molecular flexibility index (Phi) is 4.43. The molecule has 1 fully saturated rings. The molecule has 3 heterocycles. The Labute approximate surface area is 186 Å². The largest absolute Gasteiger partial charge is 0.382 e. The number of fused-ring (bicyclic) bond motifs is 2. The number of nitrogens with two attached hydrogens (primary N) is 1. The fourth-order valence-corrected chi connectivity index (χ4v) is 4.57. The molecule has 0 bridgehead atoms. The first kappa shape index (κ1) is 19.0. The van der Waals surface area contributed by atoms with Crippen LogP contribution in [-0.2, 0) is 4.84 Å². The zero-order chi connectivity index (χ0) is 21.7. The highest BCUT2D eigenvalue weighted by molar-refractivity contribution is 6.07. The zero-order valence-electron chi connectivity index (χ0n) is 17.9. The van der Waals surface area contributed by atoms with Gasteiger partial charge >= 0.3 is 0 Å². The second-order valence-corrected chi connectivity index (χ2v) is 8.32. The Hall–Kier alpha value is -3.71. The number of hydrogen-bond acceptors (Lipinski definition) is 6. The normalized spacial score (nSPS) is 16.0. The van der Waals surface area contributed by atoms with Crippen molar-refractivity contribution in [3.05, 3.63) is 72.3 Å². The molecule has 0 radical (unpaired) electrons. The smallest absolute Gasteiger partial charge is 0.150 e. The van der Waals surface area contributed by atoms with Crippen molar-refractivity contribution in [2.45, 2.75) is 25.2 Å². The van der Waals surface area contributed by atoms with E-state index >= 15 is 0 Å². The van der Waals surface area contributed by atoms with Crippen molar-refractivity contribution in [2.24, 2.45) is 4.99 Å². The van der Waals surface area contributed by atoms with Gasteiger partial charge in [0.1, 0.15) is 22.9 Å². The van der Waals surface area contributed by atoms with Crippen LogP contribution >= 0.6 is 0 Å². The third kappa shape index (κ3) is 2.97. The Morgan fingerprint density at radius 2 is 1.91 bits per heavy atom. The first-order valence-corrected chi connectivity index (χ1v) is 10.9. The SMILES string of the molecule is CON1CC(c2ccccc2)=Nc2cc(-c3nc(C4CCC4)n4ccnc(N)c34)ccc21. The summed E-state index contributed by atoms with van der Waals surface area (Å²) in [6.07, 6.45) is 7.29. The number of nitrogens with zero attached hydrogens (tertiary/aromatic N) is 5. The molecule has 0 saturated heterocycles. The summed E-state index contributed by atoms with van der Waals surface area (Å²) in [6, 6.07) is 16.4. The molecule has 2 aromatic carbocycles. The van der Waals surface area contributed by atoms with E-state index in [9.17, 15) is 0 Å². The van der Waals surface area contributed by atoms with Gasteiger partial charge in [-0.1, -0.05) is 42.8 Å². The number of hydrogen-bond donors (Lipinski definition) is 1. The van der Waals surface area contributed by atoms with E-state index < -0.39 is 0 Å². The van der Waals surface area contributed by atoms with Gasteiger partial charge in [-0.2, -0.15) is 0 Å². The fraction of sp³-hybridized carbons (Fsp3) is 0.240. The summed E-state index contributed by atoms with van der Waals surface area (Å²) >= 11 is 0. The molecule has 0 unspecified atom stereocenters. The summed E-state index contributed by atoms with van der Waals surface area (Å²) in [5, 5.41) is 1.87. The maximum atomic E-state index is 6.32. The highest BCUT2D eigenvalue weighted by Crippen LogP contribution is 2.41. The molecule has 160 valence electrons. The molecule has 1 saturated carbocycles. The van der Waals surface area contributed by atoms with Crippen molar-refractivity contribution in [3.8, 4) is 11.3 Å². The molecule has 2 aromatic heterocycles. The van der Waals surface area contributed by atoms with E-state index in [0.29, 0.717) is 18.3 Å². The van der Waals surface area contributed by atoms with E-state index in [0.717, 1.165) is 45.2 Å². The maximum absolute atomic E-state index is 6.32. The predicted molar refractivity (Wildman–Crippen MR) is 126 cm³/mol. The summed E-state index contributed by atoms with van der Waals surface area (Å²) in [7, 11) is 1.69. The molecular formula is C25H24N6O. The third-order valence-electron chi connectivity index (χ3n) is 6.47. The molecule has 7 nitrogen and oxygen atoms in total. The van der Waals surface area contributed by atoms with Crippen LogP contribution in [0.3, 0.4) is 0 Å². The predicted octanol–water partition coefficient (Wildman–Crippen LogP) is 4.75. The monoisotopic (exact) mass is 424 g/mol. The van der Waals surface area contributed by atoms with E-state index in [4.69, 9.17) is 20.5 Å². The molecule has 6 rings (SSSR count). The van der Waals surface area contributed by atoms with E-state index in [-0.39, 0.29) is 0 Å². The highest BCUT2D eigenvalue weighted by Gasteiger charge is 2.28. The number of anilines is 2. The van der Waals surface area contributed by atoms with Crippen LogP contribution in [0.4, 0.5) is 17.2 Å². The van der Waals surface area contributed by atoms with Gasteiger partial charge in [-0.15, -0.1) is 0 Å². The van der Waals surface area contributed by atoms with Gasteiger partial charge in [-0.05, 0) is 30.5 Å². The highest BCUT2D eigenvalue weighted by atomic mass is 16.7. The number of imidazole rings is 1. The Bertz CT molecular complexity index is 1340. The number of nitrogen functional groups attached to an aromatic ring is 1. The van der Waals surface area contributed by atoms with Gasteiger partial charge in [-0.25, -0.2) is 20.0 Å². The van der Waals surface area contributed by atoms with Gasteiger partial charge in [0.2, 0.25) is 0 Å². The minimum absolute atomic E-state index is 0.474. The van der Waals surface area contributed by atoms with Gasteiger partial charge in [-0.3, -0.25) is 9.24 Å². The molecule has 0 atom stereocenters. The zero-order valence-corrected chi connectivity index (χ0v) is 17.9. The van der Waals surface area contributed by atoms with E-state index in [1.165, 1.54) is 19.3 Å². The molecule has 32 heavy (non-hydrogen) atoms. The molecule has 2 N–H and O–H groups in total. The quantitative estimate of drug-likeness (QED) is 0.511. The van der Waals surface area contributed by atoms with Gasteiger partial charge in [0.15, 0.2) is 0 Å². The van der Waals surface area contributed by atoms with Crippen LogP contribution in [0.15, 0.2) is 65.9 Å². The fourth-order valence-electron chi connectivity index (χ4n) is 4.57. The second-order valence-electron chi connectivity index (χ2n) is 8.32. The van der Waals surface area contributed by atoms with Crippen molar-refractivity contribution in [1.82, 2.24) is 14.4 Å². The molecular weight excluding hydrogens is 400 g/mol. The van der Waals surface area contributed by atoms with Crippen molar-refractivity contribution < 1.29 is 4.84 Å². The summed E-state index contributed by atoms with van der Waals surface area (Å²) in [6.45, 7) is 0.586. The van der Waals surface area contributed by atoms with Crippen LogP contribution in [0.2, 0.25) is 0 Å². The van der Waals surface area contributed by atoms with E-state index in [1.54, 1.807) is 13.3 Å². The molecule has 1 aliphatic carbocycles. The molecule has 4 aromatic rings. The van der Waals surface area contributed by atoms with E-state index in [1.807, 2.05) is 35.5 Å². The van der Waals surface area contributed by atoms with Crippen molar-refractivity contribution in [2.75, 3.05) is 24.5 Å². The Morgan fingerprint density at radius 1 is 1.06 bits per heavy atom. The van der Waals surface area contributed by atoms with Crippen molar-refractivity contribution in [3.63, 3.8) is 0 Å². The number of benzene rings is 2. The van der Waals surface area contributed by atoms with Crippen LogP contribution in [0.5, 0.6) is 0 Å². The minimum Gasteiger partial charge on any atom is -0.382 e. The average Bonchev–Trinajstić information content (AvgIpc) is 3.18. The van der Waals surface area contributed by atoms with Gasteiger partial charge in [0.25, 0.3) is 0 Å². The van der Waals surface area contributed by atoms with Crippen LogP contribution < -0.4 is 10.8 Å². The number of rotatable bonds is 4. The minimum atomic E-state index is 0.474. The van der Waals surface area contributed by atoms with Gasteiger partial charge < -0.3 is 5.73 Å². The van der Waals surface area contributed by atoms with Crippen LogP contribution in [0, 0.1) is 0 Å². The number of hydroxylamine groups is 1. The van der Waals surface area contributed by atoms with Crippen molar-refractivity contribution in [1.29, 1.82) is 0 Å². The van der Waals surface area contributed by atoms with Crippen LogP contribution in [0.1, 0.15) is 36.6 Å². The lowest BCUT2D eigenvalue weighted by Crippen LogP contribution is -2.31. The summed E-state index contributed by atoms with van der Waals surface area (Å²) in [4.78, 5) is 20.0. The summed E-state index contributed by atoms with van der Waals surface area (Å²) in [5.41, 5.74) is 12.8. The molecule has 1 aliphatic heterocycles. The topological polar surface area (TPSA) is 81.0 Å². The van der Waals surface area contributed by atoms with Crippen molar-refractivity contribution >= 4 is 28.4 Å². The third-order valence-corrected chi connectivity index (χ3v) is 6.47. The Morgan fingerprint density at radius 3 is 2.66 bits per heavy atom. The van der Waals surface area contributed by atoms with E-state index in [2.05, 4.69) is 33.7 Å². The standard InChI is InChI=1S/C25H24N6O/c1-32-31-15-20(16-6-3-2-4-7-16)28-19-14-18(10-11-21(19)31)22-23-24(26)27-12-13-30(23)25(29-22)17-8-5-9-17/h2-4,6-7,10-14,17H,5,8-9,15H2,1H3,(H2,26,27). The van der Waals surface area contributed by atoms with Crippen LogP contribution in [-0.4, -0.2) is 33.7 Å². The summed E-state index contributed by atoms with van der Waals surface area (Å²) < 4.78 is 2.11. The van der Waals surface area contributed by atoms with Crippen LogP contribution in [0.25, 0.3) is 16.8 Å². The summed E-state index contributed by atoms with van der Waals surface area (Å²) in [5.74, 6) is 2.03. The molecule has 2 aliphatic rings. The van der Waals surface area contributed by atoms with Gasteiger partial charge in [0.05, 0.1) is 30.7 Å². The number of aliphatic imine (C=N–C) groups is 1. The first-order chi connectivity index (χ1) is 15.7. The molecule has 0 amide bonds. The lowest BCUT2D eigenvalue weighted by atomic mass is 9.85. The lowest BCUT2D eigenvalue weighted by Gasteiger charge is -2.28. The van der Waals surface area contributed by atoms with Gasteiger partial charge in [0, 0.05) is 23.9 Å².